The zero-order valence-electron chi connectivity index (χ0n) is 11.3. The van der Waals surface area contributed by atoms with E-state index in [4.69, 9.17) is 21.1 Å². The molecule has 21 heavy (non-hydrogen) atoms. The van der Waals surface area contributed by atoms with Crippen molar-refractivity contribution < 1.29 is 14.3 Å². The van der Waals surface area contributed by atoms with Crippen LogP contribution in [0.1, 0.15) is 5.56 Å². The molecule has 0 aromatic heterocycles. The van der Waals surface area contributed by atoms with Crippen LogP contribution in [0, 0.1) is 6.92 Å². The summed E-state index contributed by atoms with van der Waals surface area (Å²) in [6.07, 6.45) is 0. The van der Waals surface area contributed by atoms with Crippen molar-refractivity contribution in [2.75, 3.05) is 17.4 Å². The molecule has 0 saturated carbocycles. The van der Waals surface area contributed by atoms with Gasteiger partial charge in [0.25, 0.3) is 0 Å². The van der Waals surface area contributed by atoms with Crippen LogP contribution in [0.25, 0.3) is 0 Å². The number of hydrogen-bond acceptors (Lipinski definition) is 3. The van der Waals surface area contributed by atoms with E-state index in [2.05, 4.69) is 10.6 Å². The van der Waals surface area contributed by atoms with Crippen LogP contribution >= 0.6 is 11.6 Å². The molecule has 0 fully saturated rings. The molecule has 0 bridgehead atoms. The Morgan fingerprint density at radius 3 is 2.76 bits per heavy atom. The number of nitrogens with one attached hydrogen (secondary N) is 2. The van der Waals surface area contributed by atoms with Crippen LogP contribution in [0.15, 0.2) is 36.4 Å². The molecule has 2 amide bonds. The van der Waals surface area contributed by atoms with Crippen LogP contribution in [0.5, 0.6) is 11.5 Å². The SMILES string of the molecule is Cc1ccc(Cl)cc1NC(=O)Nc1ccc2c(c1)OCO2. The van der Waals surface area contributed by atoms with Gasteiger partial charge in [-0.3, -0.25) is 0 Å². The number of aryl methyl sites for hydroxylation is 1. The number of carbonyl (C=O) groups excluding carboxylic acids is 1. The lowest BCUT2D eigenvalue weighted by Gasteiger charge is -2.10. The van der Waals surface area contributed by atoms with Crippen molar-refractivity contribution in [2.24, 2.45) is 0 Å². The van der Waals surface area contributed by atoms with Gasteiger partial charge in [0.05, 0.1) is 0 Å². The Morgan fingerprint density at radius 2 is 1.90 bits per heavy atom. The van der Waals surface area contributed by atoms with Crippen molar-refractivity contribution in [1.82, 2.24) is 0 Å². The molecule has 2 N–H and O–H groups in total. The predicted molar refractivity (Wildman–Crippen MR) is 81.4 cm³/mol. The maximum atomic E-state index is 12.0. The number of rotatable bonds is 2. The molecule has 0 aliphatic carbocycles. The Bertz CT molecular complexity index is 703. The molecular formula is C15H13ClN2O3. The lowest BCUT2D eigenvalue weighted by atomic mass is 10.2. The molecule has 1 heterocycles. The van der Waals surface area contributed by atoms with E-state index in [1.165, 1.54) is 0 Å². The molecule has 5 nitrogen and oxygen atoms in total. The summed E-state index contributed by atoms with van der Waals surface area (Å²) in [5, 5.41) is 6.07. The minimum atomic E-state index is -0.348. The van der Waals surface area contributed by atoms with Gasteiger partial charge in [0, 0.05) is 22.5 Å². The van der Waals surface area contributed by atoms with Crippen LogP contribution in [0.4, 0.5) is 16.2 Å². The largest absolute Gasteiger partial charge is 0.454 e. The van der Waals surface area contributed by atoms with Crippen molar-refractivity contribution in [1.29, 1.82) is 0 Å². The molecule has 1 aliphatic rings. The highest BCUT2D eigenvalue weighted by molar-refractivity contribution is 6.31. The second-order valence-corrected chi connectivity index (χ2v) is 5.04. The van der Waals surface area contributed by atoms with E-state index in [9.17, 15) is 4.79 Å². The number of halogens is 1. The topological polar surface area (TPSA) is 59.6 Å². The van der Waals surface area contributed by atoms with Crippen LogP contribution in [-0.4, -0.2) is 12.8 Å². The fourth-order valence-corrected chi connectivity index (χ4v) is 2.16. The zero-order chi connectivity index (χ0) is 14.8. The Balaban J connectivity index is 1.70. The van der Waals surface area contributed by atoms with Gasteiger partial charge < -0.3 is 20.1 Å². The summed E-state index contributed by atoms with van der Waals surface area (Å²) in [5.74, 6) is 1.29. The average Bonchev–Trinajstić information content (AvgIpc) is 2.90. The molecule has 108 valence electrons. The third-order valence-corrected chi connectivity index (χ3v) is 3.31. The summed E-state index contributed by atoms with van der Waals surface area (Å²) in [5.41, 5.74) is 2.22. The van der Waals surface area contributed by atoms with E-state index >= 15 is 0 Å². The fraction of sp³-hybridized carbons (Fsp3) is 0.133. The summed E-state index contributed by atoms with van der Waals surface area (Å²) >= 11 is 5.92. The quantitative estimate of drug-likeness (QED) is 0.881. The second kappa shape index (κ2) is 5.54. The molecular weight excluding hydrogens is 292 g/mol. The number of amides is 2. The maximum Gasteiger partial charge on any atom is 0.323 e. The lowest BCUT2D eigenvalue weighted by Crippen LogP contribution is -2.19. The first-order valence-electron chi connectivity index (χ1n) is 6.35. The molecule has 0 saturated heterocycles. The Morgan fingerprint density at radius 1 is 1.10 bits per heavy atom. The predicted octanol–water partition coefficient (Wildman–Crippen LogP) is 4.02. The highest BCUT2D eigenvalue weighted by Crippen LogP contribution is 2.34. The average molecular weight is 305 g/mol. The van der Waals surface area contributed by atoms with E-state index in [-0.39, 0.29) is 12.8 Å². The van der Waals surface area contributed by atoms with Gasteiger partial charge in [-0.05, 0) is 36.8 Å². The smallest absolute Gasteiger partial charge is 0.323 e. The van der Waals surface area contributed by atoms with E-state index in [0.717, 1.165) is 5.56 Å². The van der Waals surface area contributed by atoms with Gasteiger partial charge in [-0.2, -0.15) is 0 Å². The van der Waals surface area contributed by atoms with Crippen LogP contribution in [0.3, 0.4) is 0 Å². The van der Waals surface area contributed by atoms with Gasteiger partial charge >= 0.3 is 6.03 Å². The molecule has 3 rings (SSSR count). The van der Waals surface area contributed by atoms with Crippen LogP contribution in [-0.2, 0) is 0 Å². The van der Waals surface area contributed by atoms with E-state index < -0.39 is 0 Å². The van der Waals surface area contributed by atoms with E-state index in [1.54, 1.807) is 30.3 Å². The molecule has 0 atom stereocenters. The molecule has 1 aliphatic heterocycles. The van der Waals surface area contributed by atoms with Crippen molar-refractivity contribution in [3.05, 3.63) is 47.0 Å². The third kappa shape index (κ3) is 3.03. The summed E-state index contributed by atoms with van der Waals surface area (Å²) in [4.78, 5) is 12.0. The minimum Gasteiger partial charge on any atom is -0.454 e. The van der Waals surface area contributed by atoms with Gasteiger partial charge in [-0.15, -0.1) is 0 Å². The van der Waals surface area contributed by atoms with Crippen LogP contribution in [0.2, 0.25) is 5.02 Å². The van der Waals surface area contributed by atoms with Gasteiger partial charge in [-0.1, -0.05) is 17.7 Å². The van der Waals surface area contributed by atoms with Gasteiger partial charge in [0.15, 0.2) is 11.5 Å². The number of benzene rings is 2. The monoisotopic (exact) mass is 304 g/mol. The number of anilines is 2. The number of hydrogen-bond donors (Lipinski definition) is 2. The highest BCUT2D eigenvalue weighted by Gasteiger charge is 2.14. The van der Waals surface area contributed by atoms with E-state index in [0.29, 0.717) is 27.9 Å². The molecule has 0 unspecified atom stereocenters. The molecule has 0 radical (unpaired) electrons. The number of urea groups is 1. The normalized spacial score (nSPS) is 12.1. The first-order valence-corrected chi connectivity index (χ1v) is 6.73. The van der Waals surface area contributed by atoms with Gasteiger partial charge in [0.1, 0.15) is 0 Å². The summed E-state index contributed by atoms with van der Waals surface area (Å²) in [7, 11) is 0. The Kier molecular flexibility index (Phi) is 3.58. The molecule has 6 heteroatoms. The second-order valence-electron chi connectivity index (χ2n) is 4.61. The Labute approximate surface area is 126 Å². The first kappa shape index (κ1) is 13.6. The zero-order valence-corrected chi connectivity index (χ0v) is 12.0. The van der Waals surface area contributed by atoms with Crippen molar-refractivity contribution >= 4 is 29.0 Å². The highest BCUT2D eigenvalue weighted by atomic mass is 35.5. The minimum absolute atomic E-state index is 0.201. The molecule has 2 aromatic rings. The lowest BCUT2D eigenvalue weighted by molar-refractivity contribution is 0.174. The number of ether oxygens (including phenoxy) is 2. The van der Waals surface area contributed by atoms with Crippen molar-refractivity contribution in [2.45, 2.75) is 6.92 Å². The van der Waals surface area contributed by atoms with E-state index in [1.807, 2.05) is 13.0 Å². The summed E-state index contributed by atoms with van der Waals surface area (Å²) in [6.45, 7) is 2.10. The van der Waals surface area contributed by atoms with Crippen LogP contribution < -0.4 is 20.1 Å². The van der Waals surface area contributed by atoms with Crippen molar-refractivity contribution in [3.63, 3.8) is 0 Å². The third-order valence-electron chi connectivity index (χ3n) is 3.08. The molecule has 0 spiro atoms. The molecule has 2 aromatic carbocycles. The van der Waals surface area contributed by atoms with Crippen molar-refractivity contribution in [3.8, 4) is 11.5 Å². The number of fused-ring (bicyclic) bond motifs is 1. The summed E-state index contributed by atoms with van der Waals surface area (Å²) in [6, 6.07) is 10.2. The standard InChI is InChI=1S/C15H13ClN2O3/c1-9-2-3-10(16)6-12(9)18-15(19)17-11-4-5-13-14(7-11)21-8-20-13/h2-7H,8H2,1H3,(H2,17,18,19). The number of carbonyl (C=O) groups is 1. The maximum absolute atomic E-state index is 12.0. The first-order chi connectivity index (χ1) is 10.1. The van der Waals surface area contributed by atoms with Gasteiger partial charge in [0.2, 0.25) is 6.79 Å². The fourth-order valence-electron chi connectivity index (χ4n) is 1.99. The Hall–Kier alpha value is -2.40. The van der Waals surface area contributed by atoms with Gasteiger partial charge in [-0.25, -0.2) is 4.79 Å². The summed E-state index contributed by atoms with van der Waals surface area (Å²) < 4.78 is 10.5.